The molecule has 0 aromatic carbocycles. The van der Waals surface area contributed by atoms with Crippen molar-refractivity contribution in [3.8, 4) is 0 Å². The van der Waals surface area contributed by atoms with Crippen molar-refractivity contribution in [3.05, 3.63) is 0 Å². The van der Waals surface area contributed by atoms with E-state index >= 15 is 0 Å². The van der Waals surface area contributed by atoms with Gasteiger partial charge >= 0.3 is 0 Å². The Balaban J connectivity index is 1.99. The molecule has 2 aliphatic rings. The summed E-state index contributed by atoms with van der Waals surface area (Å²) in [6, 6.07) is 1.19. The quantitative estimate of drug-likeness (QED) is 0.319. The first-order valence-corrected chi connectivity index (χ1v) is 6.16. The Labute approximate surface area is 91.9 Å². The fourth-order valence-corrected chi connectivity index (χ4v) is 2.37. The number of hydrogen-bond acceptors (Lipinski definition) is 2. The van der Waals surface area contributed by atoms with Gasteiger partial charge in [0.25, 0.3) is 0 Å². The summed E-state index contributed by atoms with van der Waals surface area (Å²) in [7, 11) is 0. The van der Waals surface area contributed by atoms with Crippen molar-refractivity contribution in [1.82, 2.24) is 10.3 Å². The molecule has 0 amide bonds. The summed E-state index contributed by atoms with van der Waals surface area (Å²) < 4.78 is 0. The van der Waals surface area contributed by atoms with Gasteiger partial charge in [-0.1, -0.05) is 12.8 Å². The molecule has 2 rings (SSSR count). The van der Waals surface area contributed by atoms with Crippen LogP contribution in [0.3, 0.4) is 0 Å². The minimum atomic E-state index is 0.504. The first-order chi connectivity index (χ1) is 7.35. The molecule has 3 N–H and O–H groups in total. The van der Waals surface area contributed by atoms with Crippen LogP contribution in [0.4, 0.5) is 0 Å². The fraction of sp³-hybridized carbons (Fsp3) is 0.909. The second-order valence-corrected chi connectivity index (χ2v) is 4.55. The van der Waals surface area contributed by atoms with Crippen LogP contribution in [0.2, 0.25) is 0 Å². The summed E-state index contributed by atoms with van der Waals surface area (Å²) in [6.45, 7) is 3.17. The largest absolute Gasteiger partial charge is 0.339 e. The Kier molecular flexibility index (Phi) is 3.46. The Morgan fingerprint density at radius 3 is 2.47 bits per heavy atom. The molecule has 0 heterocycles. The highest BCUT2D eigenvalue weighted by atomic mass is 15.4. The van der Waals surface area contributed by atoms with Gasteiger partial charge in [0.15, 0.2) is 0 Å². The maximum Gasteiger partial charge on any atom is 0.208 e. The van der Waals surface area contributed by atoms with E-state index < -0.39 is 0 Å². The molecule has 0 unspecified atom stereocenters. The van der Waals surface area contributed by atoms with Crippen LogP contribution in [-0.2, 0) is 0 Å². The molecule has 0 aromatic heterocycles. The van der Waals surface area contributed by atoms with Gasteiger partial charge < -0.3 is 4.90 Å². The van der Waals surface area contributed by atoms with Crippen LogP contribution in [0.15, 0.2) is 4.99 Å². The van der Waals surface area contributed by atoms with E-state index in [0.29, 0.717) is 12.1 Å². The van der Waals surface area contributed by atoms with E-state index in [9.17, 15) is 0 Å². The van der Waals surface area contributed by atoms with Crippen molar-refractivity contribution < 1.29 is 0 Å². The third-order valence-corrected chi connectivity index (χ3v) is 3.36. The minimum absolute atomic E-state index is 0.504. The molecule has 0 aliphatic heterocycles. The highest BCUT2D eigenvalue weighted by molar-refractivity contribution is 5.80. The van der Waals surface area contributed by atoms with Crippen molar-refractivity contribution in [1.29, 1.82) is 0 Å². The van der Waals surface area contributed by atoms with Crippen molar-refractivity contribution in [2.24, 2.45) is 10.8 Å². The molecule has 0 spiro atoms. The number of nitrogens with two attached hydrogens (primary N) is 1. The number of guanidine groups is 1. The third kappa shape index (κ3) is 2.62. The van der Waals surface area contributed by atoms with E-state index in [1.165, 1.54) is 38.5 Å². The molecule has 2 saturated carbocycles. The molecule has 4 nitrogen and oxygen atoms in total. The monoisotopic (exact) mass is 210 g/mol. The minimum Gasteiger partial charge on any atom is -0.339 e. The van der Waals surface area contributed by atoms with Gasteiger partial charge in [-0.3, -0.25) is 5.43 Å². The molecule has 15 heavy (non-hydrogen) atoms. The van der Waals surface area contributed by atoms with Crippen LogP contribution >= 0.6 is 0 Å². The maximum atomic E-state index is 5.57. The van der Waals surface area contributed by atoms with Gasteiger partial charge in [0, 0.05) is 12.6 Å². The number of nitrogens with one attached hydrogen (secondary N) is 1. The molecule has 0 atom stereocenters. The van der Waals surface area contributed by atoms with Crippen LogP contribution < -0.4 is 11.3 Å². The smallest absolute Gasteiger partial charge is 0.208 e. The van der Waals surface area contributed by atoms with Crippen LogP contribution in [-0.4, -0.2) is 29.5 Å². The maximum absolute atomic E-state index is 5.57. The number of hydrogen-bond donors (Lipinski definition) is 2. The molecule has 0 radical (unpaired) electrons. The molecular weight excluding hydrogens is 188 g/mol. The van der Waals surface area contributed by atoms with Gasteiger partial charge in [0.1, 0.15) is 0 Å². The normalized spacial score (nSPS) is 23.2. The Morgan fingerprint density at radius 2 is 2.00 bits per heavy atom. The predicted molar refractivity (Wildman–Crippen MR) is 62.4 cm³/mol. The standard InChI is InChI=1S/C11H22N4/c1-2-15(10-7-8-10)11(14-12)13-9-5-3-4-6-9/h9-10H,2-8,12H2,1H3,(H,13,14). The van der Waals surface area contributed by atoms with Crippen LogP contribution in [0, 0.1) is 0 Å². The van der Waals surface area contributed by atoms with Crippen molar-refractivity contribution in [2.45, 2.75) is 57.5 Å². The van der Waals surface area contributed by atoms with E-state index in [1.807, 2.05) is 0 Å². The molecule has 0 aromatic rings. The lowest BCUT2D eigenvalue weighted by atomic mass is 10.3. The predicted octanol–water partition coefficient (Wildman–Crippen LogP) is 1.23. The van der Waals surface area contributed by atoms with Gasteiger partial charge in [0.05, 0.1) is 6.04 Å². The first kappa shape index (κ1) is 10.7. The van der Waals surface area contributed by atoms with Crippen LogP contribution in [0.1, 0.15) is 45.4 Å². The first-order valence-electron chi connectivity index (χ1n) is 6.16. The van der Waals surface area contributed by atoms with Crippen molar-refractivity contribution >= 4 is 5.96 Å². The van der Waals surface area contributed by atoms with Gasteiger partial charge in [0.2, 0.25) is 5.96 Å². The zero-order chi connectivity index (χ0) is 10.7. The van der Waals surface area contributed by atoms with Crippen molar-refractivity contribution in [3.63, 3.8) is 0 Å². The van der Waals surface area contributed by atoms with Gasteiger partial charge in [-0.05, 0) is 32.6 Å². The summed E-state index contributed by atoms with van der Waals surface area (Å²) in [4.78, 5) is 7.04. The summed E-state index contributed by atoms with van der Waals surface area (Å²) in [5.74, 6) is 6.48. The molecule has 4 heteroatoms. The molecule has 2 aliphatic carbocycles. The average molecular weight is 210 g/mol. The second-order valence-electron chi connectivity index (χ2n) is 4.55. The van der Waals surface area contributed by atoms with E-state index in [4.69, 9.17) is 10.8 Å². The molecule has 86 valence electrons. The molecule has 0 bridgehead atoms. The Bertz CT molecular complexity index is 229. The van der Waals surface area contributed by atoms with Crippen LogP contribution in [0.5, 0.6) is 0 Å². The summed E-state index contributed by atoms with van der Waals surface area (Å²) in [5.41, 5.74) is 2.78. The van der Waals surface area contributed by atoms with E-state index in [2.05, 4.69) is 17.2 Å². The Hall–Kier alpha value is -0.770. The highest BCUT2D eigenvalue weighted by Crippen LogP contribution is 2.27. The lowest BCUT2D eigenvalue weighted by Crippen LogP contribution is -2.46. The summed E-state index contributed by atoms with van der Waals surface area (Å²) >= 11 is 0. The fourth-order valence-electron chi connectivity index (χ4n) is 2.37. The van der Waals surface area contributed by atoms with Crippen LogP contribution in [0.25, 0.3) is 0 Å². The van der Waals surface area contributed by atoms with Crippen molar-refractivity contribution in [2.75, 3.05) is 6.54 Å². The number of aliphatic imine (C=N–C) groups is 1. The van der Waals surface area contributed by atoms with E-state index in [-0.39, 0.29) is 0 Å². The van der Waals surface area contributed by atoms with E-state index in [1.54, 1.807) is 0 Å². The number of nitrogens with zero attached hydrogens (tertiary/aromatic N) is 2. The Morgan fingerprint density at radius 1 is 1.33 bits per heavy atom. The van der Waals surface area contributed by atoms with Gasteiger partial charge in [-0.2, -0.15) is 0 Å². The second kappa shape index (κ2) is 4.84. The number of hydrazine groups is 1. The zero-order valence-electron chi connectivity index (χ0n) is 9.58. The third-order valence-electron chi connectivity index (χ3n) is 3.36. The van der Waals surface area contributed by atoms with E-state index in [0.717, 1.165) is 12.5 Å². The molecule has 0 saturated heterocycles. The molecule has 2 fully saturated rings. The SMILES string of the molecule is CCN(C(=NC1CCCC1)NN)C1CC1. The topological polar surface area (TPSA) is 53.6 Å². The summed E-state index contributed by atoms with van der Waals surface area (Å²) in [5, 5.41) is 0. The van der Waals surface area contributed by atoms with Gasteiger partial charge in [-0.25, -0.2) is 10.8 Å². The zero-order valence-corrected chi connectivity index (χ0v) is 9.58. The number of rotatable bonds is 3. The molecular formula is C11H22N4. The summed E-state index contributed by atoms with van der Waals surface area (Å²) in [6.07, 6.45) is 7.68. The lowest BCUT2D eigenvalue weighted by Gasteiger charge is -2.24. The highest BCUT2D eigenvalue weighted by Gasteiger charge is 2.30. The average Bonchev–Trinajstić information content (AvgIpc) is 2.95. The van der Waals surface area contributed by atoms with Gasteiger partial charge in [-0.15, -0.1) is 0 Å². The lowest BCUT2D eigenvalue weighted by molar-refractivity contribution is 0.410.